The first-order valence-electron chi connectivity index (χ1n) is 8.95. The van der Waals surface area contributed by atoms with Gasteiger partial charge in [-0.1, -0.05) is 42.3 Å². The fourth-order valence-corrected chi connectivity index (χ4v) is 3.40. The van der Waals surface area contributed by atoms with Gasteiger partial charge in [-0.15, -0.1) is 0 Å². The second-order valence-corrected chi connectivity index (χ2v) is 7.59. The highest BCUT2D eigenvalue weighted by Crippen LogP contribution is 2.24. The summed E-state index contributed by atoms with van der Waals surface area (Å²) in [5.41, 5.74) is 1.39. The van der Waals surface area contributed by atoms with Crippen molar-refractivity contribution in [2.75, 3.05) is 26.2 Å². The molecular weight excluding hydrogens is 334 g/mol. The number of halogens is 1. The van der Waals surface area contributed by atoms with Crippen molar-refractivity contribution in [3.8, 4) is 16.9 Å². The summed E-state index contributed by atoms with van der Waals surface area (Å²) in [5, 5.41) is 11.3. The van der Waals surface area contributed by atoms with E-state index in [2.05, 4.69) is 4.90 Å². The van der Waals surface area contributed by atoms with Crippen molar-refractivity contribution < 1.29 is 9.84 Å². The topological polar surface area (TPSA) is 32.7 Å². The number of likely N-dealkylation sites (tertiary alicyclic amines) is 1. The van der Waals surface area contributed by atoms with Crippen LogP contribution in [0, 0.1) is 0 Å². The van der Waals surface area contributed by atoms with Gasteiger partial charge in [0.05, 0.1) is 0 Å². The Balaban J connectivity index is 1.54. The minimum absolute atomic E-state index is 0.295. The Bertz CT molecular complexity index is 661. The quantitative estimate of drug-likeness (QED) is 0.816. The molecule has 0 aromatic heterocycles. The molecular formula is C21H26ClNO2. The van der Waals surface area contributed by atoms with E-state index in [0.717, 1.165) is 35.0 Å². The smallest absolute Gasteiger partial charge is 0.119 e. The summed E-state index contributed by atoms with van der Waals surface area (Å²) < 4.78 is 5.82. The molecule has 1 aliphatic heterocycles. The molecule has 0 spiro atoms. The number of hydrogen-bond acceptors (Lipinski definition) is 3. The number of piperidine rings is 1. The van der Waals surface area contributed by atoms with Gasteiger partial charge >= 0.3 is 0 Å². The van der Waals surface area contributed by atoms with Crippen LogP contribution in [0.15, 0.2) is 48.5 Å². The summed E-state index contributed by atoms with van der Waals surface area (Å²) in [6.45, 7) is 4.96. The lowest BCUT2D eigenvalue weighted by Crippen LogP contribution is -2.46. The van der Waals surface area contributed by atoms with E-state index in [4.69, 9.17) is 16.3 Å². The second-order valence-electron chi connectivity index (χ2n) is 7.15. The summed E-state index contributed by atoms with van der Waals surface area (Å²) in [4.78, 5) is 2.33. The van der Waals surface area contributed by atoms with E-state index in [1.54, 1.807) is 0 Å². The largest absolute Gasteiger partial charge is 0.491 e. The third kappa shape index (κ3) is 5.46. The van der Waals surface area contributed by atoms with E-state index < -0.39 is 5.60 Å². The highest BCUT2D eigenvalue weighted by atomic mass is 35.5. The molecule has 25 heavy (non-hydrogen) atoms. The Morgan fingerprint density at radius 1 is 0.960 bits per heavy atom. The summed E-state index contributed by atoms with van der Waals surface area (Å²) in [5.74, 6) is 0.775. The van der Waals surface area contributed by atoms with E-state index in [1.807, 2.05) is 55.5 Å². The molecule has 1 atom stereocenters. The molecule has 0 aliphatic carbocycles. The maximum Gasteiger partial charge on any atom is 0.119 e. The predicted molar refractivity (Wildman–Crippen MR) is 103 cm³/mol. The molecule has 2 aromatic carbocycles. The average molecular weight is 360 g/mol. The molecule has 0 saturated carbocycles. The molecule has 134 valence electrons. The van der Waals surface area contributed by atoms with Crippen LogP contribution in [0.3, 0.4) is 0 Å². The van der Waals surface area contributed by atoms with Crippen molar-refractivity contribution >= 4 is 11.6 Å². The van der Waals surface area contributed by atoms with Crippen LogP contribution in [0.4, 0.5) is 0 Å². The Morgan fingerprint density at radius 2 is 1.52 bits per heavy atom. The van der Waals surface area contributed by atoms with Gasteiger partial charge in [0.25, 0.3) is 0 Å². The fraction of sp³-hybridized carbons (Fsp3) is 0.429. The summed E-state index contributed by atoms with van der Waals surface area (Å²) >= 11 is 5.93. The number of rotatable bonds is 6. The van der Waals surface area contributed by atoms with E-state index in [0.29, 0.717) is 13.2 Å². The van der Waals surface area contributed by atoms with Crippen molar-refractivity contribution in [3.05, 3.63) is 53.6 Å². The first-order chi connectivity index (χ1) is 12.0. The number of aliphatic hydroxyl groups is 1. The van der Waals surface area contributed by atoms with Crippen molar-refractivity contribution in [1.82, 2.24) is 4.90 Å². The molecule has 0 amide bonds. The zero-order chi connectivity index (χ0) is 17.7. The monoisotopic (exact) mass is 359 g/mol. The molecule has 2 aromatic rings. The molecule has 3 rings (SSSR count). The fourth-order valence-electron chi connectivity index (χ4n) is 3.27. The highest BCUT2D eigenvalue weighted by molar-refractivity contribution is 6.30. The molecule has 1 N–H and O–H groups in total. The van der Waals surface area contributed by atoms with Crippen molar-refractivity contribution in [2.45, 2.75) is 31.8 Å². The normalized spacial score (nSPS) is 17.9. The van der Waals surface area contributed by atoms with Crippen LogP contribution >= 0.6 is 11.6 Å². The molecule has 1 aliphatic rings. The molecule has 1 saturated heterocycles. The van der Waals surface area contributed by atoms with Crippen molar-refractivity contribution in [2.24, 2.45) is 0 Å². The van der Waals surface area contributed by atoms with Gasteiger partial charge in [-0.3, -0.25) is 0 Å². The lowest BCUT2D eigenvalue weighted by molar-refractivity contribution is -0.0210. The van der Waals surface area contributed by atoms with Crippen LogP contribution in [0.1, 0.15) is 26.2 Å². The molecule has 3 nitrogen and oxygen atoms in total. The Hall–Kier alpha value is -1.55. The molecule has 1 unspecified atom stereocenters. The highest BCUT2D eigenvalue weighted by Gasteiger charge is 2.26. The number of ether oxygens (including phenoxy) is 1. The van der Waals surface area contributed by atoms with Crippen molar-refractivity contribution in [3.63, 3.8) is 0 Å². The zero-order valence-electron chi connectivity index (χ0n) is 14.7. The standard InChI is InChI=1S/C21H26ClNO2/c1-21(24,15-23-13-3-2-4-14-23)16-25-20-11-7-18(8-12-20)17-5-9-19(22)10-6-17/h5-12,24H,2-4,13-16H2,1H3. The molecule has 1 fully saturated rings. The van der Waals surface area contributed by atoms with Gasteiger partial charge in [0.2, 0.25) is 0 Å². The lowest BCUT2D eigenvalue weighted by atomic mass is 10.0. The molecule has 0 radical (unpaired) electrons. The molecule has 0 bridgehead atoms. The zero-order valence-corrected chi connectivity index (χ0v) is 15.5. The van der Waals surface area contributed by atoms with Gasteiger partial charge in [-0.25, -0.2) is 0 Å². The van der Waals surface area contributed by atoms with Crippen LogP contribution in [0.25, 0.3) is 11.1 Å². The van der Waals surface area contributed by atoms with Gasteiger partial charge < -0.3 is 14.7 Å². The number of hydrogen-bond donors (Lipinski definition) is 1. The number of β-amino-alcohol motifs (C(OH)–C–C–N with tert-alkyl or cyclic N) is 1. The average Bonchev–Trinajstić information content (AvgIpc) is 2.62. The van der Waals surface area contributed by atoms with Gasteiger partial charge in [0.1, 0.15) is 18.0 Å². The summed E-state index contributed by atoms with van der Waals surface area (Å²) in [6, 6.07) is 15.7. The van der Waals surface area contributed by atoms with Gasteiger partial charge in [-0.2, -0.15) is 0 Å². The third-order valence-electron chi connectivity index (χ3n) is 4.59. The minimum atomic E-state index is -0.841. The van der Waals surface area contributed by atoms with Crippen LogP contribution in [-0.2, 0) is 0 Å². The van der Waals surface area contributed by atoms with E-state index >= 15 is 0 Å². The van der Waals surface area contributed by atoms with E-state index in [1.165, 1.54) is 19.3 Å². The Morgan fingerprint density at radius 3 is 2.12 bits per heavy atom. The van der Waals surface area contributed by atoms with Crippen LogP contribution < -0.4 is 4.74 Å². The Labute approximate surface area is 155 Å². The first kappa shape index (κ1) is 18.2. The van der Waals surface area contributed by atoms with Crippen LogP contribution in [0.5, 0.6) is 5.75 Å². The van der Waals surface area contributed by atoms with Gasteiger partial charge in [0.15, 0.2) is 0 Å². The van der Waals surface area contributed by atoms with Crippen molar-refractivity contribution in [1.29, 1.82) is 0 Å². The third-order valence-corrected chi connectivity index (χ3v) is 4.85. The first-order valence-corrected chi connectivity index (χ1v) is 9.33. The second kappa shape index (κ2) is 8.22. The predicted octanol–water partition coefficient (Wildman–Crippen LogP) is 4.62. The summed E-state index contributed by atoms with van der Waals surface area (Å²) in [6.07, 6.45) is 3.75. The summed E-state index contributed by atoms with van der Waals surface area (Å²) in [7, 11) is 0. The van der Waals surface area contributed by atoms with Gasteiger partial charge in [0, 0.05) is 11.6 Å². The SMILES string of the molecule is CC(O)(COc1ccc(-c2ccc(Cl)cc2)cc1)CN1CCCCC1. The minimum Gasteiger partial charge on any atom is -0.491 e. The Kier molecular flexibility index (Phi) is 6.00. The van der Waals surface area contributed by atoms with Gasteiger partial charge in [-0.05, 0) is 68.2 Å². The molecule has 4 heteroatoms. The van der Waals surface area contributed by atoms with E-state index in [9.17, 15) is 5.11 Å². The van der Waals surface area contributed by atoms with E-state index in [-0.39, 0.29) is 0 Å². The van der Waals surface area contributed by atoms with Crippen LogP contribution in [-0.4, -0.2) is 41.8 Å². The lowest BCUT2D eigenvalue weighted by Gasteiger charge is -2.33. The maximum absolute atomic E-state index is 10.6. The maximum atomic E-state index is 10.6. The van der Waals surface area contributed by atoms with Crippen LogP contribution in [0.2, 0.25) is 5.02 Å². The molecule has 1 heterocycles. The number of nitrogens with zero attached hydrogens (tertiary/aromatic N) is 1. The number of benzene rings is 2.